The van der Waals surface area contributed by atoms with Gasteiger partial charge in [0.05, 0.1) is 12.1 Å². The highest BCUT2D eigenvalue weighted by Gasteiger charge is 2.11. The molecule has 1 aromatic carbocycles. The van der Waals surface area contributed by atoms with Crippen molar-refractivity contribution in [1.82, 2.24) is 9.97 Å². The average Bonchev–Trinajstić information content (AvgIpc) is 2.97. The predicted octanol–water partition coefficient (Wildman–Crippen LogP) is 4.28. The molecule has 0 N–H and O–H groups in total. The molecule has 21 heavy (non-hydrogen) atoms. The van der Waals surface area contributed by atoms with E-state index in [0.717, 1.165) is 16.3 Å². The molecule has 3 rings (SSSR count). The molecule has 2 heterocycles. The van der Waals surface area contributed by atoms with Crippen molar-refractivity contribution in [2.24, 2.45) is 0 Å². The van der Waals surface area contributed by atoms with Crippen LogP contribution in [-0.2, 0) is 6.42 Å². The van der Waals surface area contributed by atoms with Gasteiger partial charge in [0.2, 0.25) is 0 Å². The number of ketones is 1. The summed E-state index contributed by atoms with van der Waals surface area (Å²) < 4.78 is 0. The van der Waals surface area contributed by atoms with E-state index < -0.39 is 0 Å². The van der Waals surface area contributed by atoms with E-state index in [0.29, 0.717) is 10.7 Å². The Labute approximate surface area is 131 Å². The third-order valence-electron chi connectivity index (χ3n) is 2.98. The van der Waals surface area contributed by atoms with E-state index in [9.17, 15) is 4.79 Å². The van der Waals surface area contributed by atoms with Crippen molar-refractivity contribution >= 4 is 28.7 Å². The average molecular weight is 315 g/mol. The van der Waals surface area contributed by atoms with Crippen LogP contribution in [-0.4, -0.2) is 15.8 Å². The minimum absolute atomic E-state index is 0.00636. The fourth-order valence-electron chi connectivity index (χ4n) is 1.91. The van der Waals surface area contributed by atoms with E-state index in [4.69, 9.17) is 11.6 Å². The summed E-state index contributed by atoms with van der Waals surface area (Å²) in [6.07, 6.45) is 1.77. The van der Waals surface area contributed by atoms with Crippen molar-refractivity contribution in [3.63, 3.8) is 0 Å². The van der Waals surface area contributed by atoms with E-state index in [1.807, 2.05) is 35.7 Å². The predicted molar refractivity (Wildman–Crippen MR) is 84.8 cm³/mol. The Morgan fingerprint density at radius 2 is 1.95 bits per heavy atom. The Hall–Kier alpha value is -2.04. The molecule has 3 nitrogen and oxygen atoms in total. The van der Waals surface area contributed by atoms with Crippen LogP contribution in [0.2, 0.25) is 5.15 Å². The zero-order chi connectivity index (χ0) is 14.7. The normalized spacial score (nSPS) is 10.5. The zero-order valence-electron chi connectivity index (χ0n) is 11.0. The van der Waals surface area contributed by atoms with Gasteiger partial charge in [0.15, 0.2) is 5.78 Å². The molecule has 0 bridgehead atoms. The summed E-state index contributed by atoms with van der Waals surface area (Å²) in [5.74, 6) is -0.00636. The largest absolute Gasteiger partial charge is 0.294 e. The van der Waals surface area contributed by atoms with Crippen LogP contribution in [0.25, 0.3) is 11.3 Å². The minimum Gasteiger partial charge on any atom is -0.294 e. The van der Waals surface area contributed by atoms with Gasteiger partial charge in [-0.25, -0.2) is 9.97 Å². The van der Waals surface area contributed by atoms with Crippen molar-refractivity contribution < 1.29 is 4.79 Å². The van der Waals surface area contributed by atoms with Crippen molar-refractivity contribution in [3.05, 3.63) is 69.8 Å². The van der Waals surface area contributed by atoms with Crippen LogP contribution >= 0.6 is 22.9 Å². The zero-order valence-corrected chi connectivity index (χ0v) is 12.6. The number of benzene rings is 1. The number of pyridine rings is 1. The Morgan fingerprint density at radius 1 is 1.14 bits per heavy atom. The van der Waals surface area contributed by atoms with E-state index in [-0.39, 0.29) is 12.2 Å². The lowest BCUT2D eigenvalue weighted by Crippen LogP contribution is -2.03. The molecule has 0 saturated carbocycles. The monoisotopic (exact) mass is 314 g/mol. The molecule has 5 heteroatoms. The van der Waals surface area contributed by atoms with E-state index in [1.54, 1.807) is 12.1 Å². The lowest BCUT2D eigenvalue weighted by atomic mass is 10.1. The number of aromatic nitrogens is 2. The second-order valence-corrected chi connectivity index (χ2v) is 5.79. The van der Waals surface area contributed by atoms with Gasteiger partial charge >= 0.3 is 0 Å². The molecular weight excluding hydrogens is 304 g/mol. The fourth-order valence-corrected chi connectivity index (χ4v) is 2.83. The standard InChI is InChI=1S/C16H11ClN2OS/c17-15-7-6-12(9-18-15)14(20)8-16-19-13(10-21-16)11-4-2-1-3-5-11/h1-7,9-10H,8H2. The number of Topliss-reactive ketones (excluding diaryl/α,β-unsaturated/α-hetero) is 1. The van der Waals surface area contributed by atoms with Gasteiger partial charge in [-0.2, -0.15) is 0 Å². The van der Waals surface area contributed by atoms with E-state index in [2.05, 4.69) is 9.97 Å². The summed E-state index contributed by atoms with van der Waals surface area (Å²) in [4.78, 5) is 20.6. The molecular formula is C16H11ClN2OS. The number of halogens is 1. The Balaban J connectivity index is 1.75. The maximum absolute atomic E-state index is 12.2. The summed E-state index contributed by atoms with van der Waals surface area (Å²) in [7, 11) is 0. The number of carbonyl (C=O) groups excluding carboxylic acids is 1. The molecule has 3 aromatic rings. The highest BCUT2D eigenvalue weighted by molar-refractivity contribution is 7.10. The summed E-state index contributed by atoms with van der Waals surface area (Å²) >= 11 is 7.21. The maximum Gasteiger partial charge on any atom is 0.171 e. The van der Waals surface area contributed by atoms with Gasteiger partial charge in [0.25, 0.3) is 0 Å². The Bertz CT molecular complexity index is 753. The molecule has 0 aliphatic carbocycles. The van der Waals surface area contributed by atoms with Crippen LogP contribution in [0.4, 0.5) is 0 Å². The van der Waals surface area contributed by atoms with E-state index >= 15 is 0 Å². The van der Waals surface area contributed by atoms with Crippen LogP contribution in [0, 0.1) is 0 Å². The van der Waals surface area contributed by atoms with Gasteiger partial charge in [0.1, 0.15) is 10.2 Å². The van der Waals surface area contributed by atoms with Crippen molar-refractivity contribution in [1.29, 1.82) is 0 Å². The van der Waals surface area contributed by atoms with Crippen LogP contribution in [0.5, 0.6) is 0 Å². The van der Waals surface area contributed by atoms with Crippen molar-refractivity contribution in [3.8, 4) is 11.3 Å². The first-order chi connectivity index (χ1) is 10.2. The number of carbonyl (C=O) groups is 1. The molecule has 0 saturated heterocycles. The molecule has 0 radical (unpaired) electrons. The van der Waals surface area contributed by atoms with Gasteiger partial charge in [-0.15, -0.1) is 11.3 Å². The highest BCUT2D eigenvalue weighted by atomic mass is 35.5. The molecule has 0 unspecified atom stereocenters. The molecule has 0 spiro atoms. The van der Waals surface area contributed by atoms with Gasteiger partial charge in [-0.05, 0) is 12.1 Å². The summed E-state index contributed by atoms with van der Waals surface area (Å²) in [5.41, 5.74) is 2.51. The Kier molecular flexibility index (Phi) is 4.08. The topological polar surface area (TPSA) is 42.9 Å². The van der Waals surface area contributed by atoms with Crippen LogP contribution in [0.15, 0.2) is 54.0 Å². The number of hydrogen-bond donors (Lipinski definition) is 0. The maximum atomic E-state index is 12.2. The number of hydrogen-bond acceptors (Lipinski definition) is 4. The van der Waals surface area contributed by atoms with Gasteiger partial charge < -0.3 is 0 Å². The number of nitrogens with zero attached hydrogens (tertiary/aromatic N) is 2. The molecule has 0 fully saturated rings. The number of thiazole rings is 1. The molecule has 104 valence electrons. The van der Waals surface area contributed by atoms with Gasteiger partial charge in [0, 0.05) is 22.7 Å². The van der Waals surface area contributed by atoms with Crippen LogP contribution in [0.1, 0.15) is 15.4 Å². The summed E-state index contributed by atoms with van der Waals surface area (Å²) in [6.45, 7) is 0. The first kappa shape index (κ1) is 13.9. The minimum atomic E-state index is -0.00636. The van der Waals surface area contributed by atoms with Gasteiger partial charge in [-0.3, -0.25) is 4.79 Å². The molecule has 0 amide bonds. The fraction of sp³-hybridized carbons (Fsp3) is 0.0625. The lowest BCUT2D eigenvalue weighted by Gasteiger charge is -1.98. The second-order valence-electron chi connectivity index (χ2n) is 4.46. The molecule has 0 aliphatic heterocycles. The van der Waals surface area contributed by atoms with Gasteiger partial charge in [-0.1, -0.05) is 41.9 Å². The molecule has 0 aliphatic rings. The van der Waals surface area contributed by atoms with Crippen LogP contribution < -0.4 is 0 Å². The second kappa shape index (κ2) is 6.16. The summed E-state index contributed by atoms with van der Waals surface area (Å²) in [6, 6.07) is 13.2. The highest BCUT2D eigenvalue weighted by Crippen LogP contribution is 2.22. The smallest absolute Gasteiger partial charge is 0.171 e. The van der Waals surface area contributed by atoms with E-state index in [1.165, 1.54) is 17.5 Å². The SMILES string of the molecule is O=C(Cc1nc(-c2ccccc2)cs1)c1ccc(Cl)nc1. The Morgan fingerprint density at radius 3 is 2.67 bits per heavy atom. The van der Waals surface area contributed by atoms with Crippen LogP contribution in [0.3, 0.4) is 0 Å². The molecule has 2 aromatic heterocycles. The third-order valence-corrected chi connectivity index (χ3v) is 4.05. The van der Waals surface area contributed by atoms with Crippen molar-refractivity contribution in [2.75, 3.05) is 0 Å². The van der Waals surface area contributed by atoms with Crippen molar-refractivity contribution in [2.45, 2.75) is 6.42 Å². The third kappa shape index (κ3) is 3.35. The lowest BCUT2D eigenvalue weighted by molar-refractivity contribution is 0.0992. The first-order valence-corrected chi connectivity index (χ1v) is 7.63. The summed E-state index contributed by atoms with van der Waals surface area (Å²) in [5, 5.41) is 3.15. The quantitative estimate of drug-likeness (QED) is 0.533. The number of rotatable bonds is 4. The molecule has 0 atom stereocenters. The first-order valence-electron chi connectivity index (χ1n) is 6.37.